The van der Waals surface area contributed by atoms with Gasteiger partial charge in [-0.05, 0) is 31.5 Å². The van der Waals surface area contributed by atoms with Crippen molar-refractivity contribution in [3.63, 3.8) is 0 Å². The zero-order valence-electron chi connectivity index (χ0n) is 11.6. The van der Waals surface area contributed by atoms with E-state index in [1.165, 1.54) is 18.3 Å². The summed E-state index contributed by atoms with van der Waals surface area (Å²) in [4.78, 5) is 17.6. The third-order valence-corrected chi connectivity index (χ3v) is 3.10. The first-order chi connectivity index (χ1) is 9.60. The van der Waals surface area contributed by atoms with Gasteiger partial charge in [-0.15, -0.1) is 0 Å². The third-order valence-electron chi connectivity index (χ3n) is 3.10. The Morgan fingerprint density at radius 2 is 2.10 bits per heavy atom. The van der Waals surface area contributed by atoms with Crippen LogP contribution in [0, 0.1) is 12.9 Å². The van der Waals surface area contributed by atoms with Gasteiger partial charge in [0.25, 0.3) is 5.91 Å². The maximum atomic E-state index is 12.8. The van der Waals surface area contributed by atoms with E-state index in [1.807, 2.05) is 32.0 Å². The number of amides is 1. The first-order valence-corrected chi connectivity index (χ1v) is 6.56. The largest absolute Gasteiger partial charge is 0.335 e. The molecule has 1 aromatic heterocycles. The van der Waals surface area contributed by atoms with E-state index in [0.717, 1.165) is 11.1 Å². The SMILES string of the molecule is CCN(Cc1cccc(C)c1)C(=O)c1ccc(F)nc1. The first-order valence-electron chi connectivity index (χ1n) is 6.56. The number of benzene rings is 1. The average Bonchev–Trinajstić information content (AvgIpc) is 2.45. The van der Waals surface area contributed by atoms with Gasteiger partial charge in [0.15, 0.2) is 0 Å². The van der Waals surface area contributed by atoms with Crippen molar-refractivity contribution in [3.05, 3.63) is 65.2 Å². The molecule has 104 valence electrons. The Labute approximate surface area is 118 Å². The summed E-state index contributed by atoms with van der Waals surface area (Å²) < 4.78 is 12.8. The molecule has 0 fully saturated rings. The van der Waals surface area contributed by atoms with E-state index < -0.39 is 5.95 Å². The van der Waals surface area contributed by atoms with Gasteiger partial charge in [0, 0.05) is 19.3 Å². The zero-order valence-corrected chi connectivity index (χ0v) is 11.6. The second-order valence-electron chi connectivity index (χ2n) is 4.68. The normalized spacial score (nSPS) is 10.3. The Morgan fingerprint density at radius 1 is 1.30 bits per heavy atom. The third kappa shape index (κ3) is 3.41. The standard InChI is InChI=1S/C16H17FN2O/c1-3-19(11-13-6-4-5-12(2)9-13)16(20)14-7-8-15(17)18-10-14/h4-10H,3,11H2,1-2H3. The lowest BCUT2D eigenvalue weighted by molar-refractivity contribution is 0.0752. The van der Waals surface area contributed by atoms with Gasteiger partial charge >= 0.3 is 0 Å². The molecule has 0 atom stereocenters. The quantitative estimate of drug-likeness (QED) is 0.801. The molecule has 0 saturated heterocycles. The summed E-state index contributed by atoms with van der Waals surface area (Å²) in [7, 11) is 0. The lowest BCUT2D eigenvalue weighted by Gasteiger charge is -2.21. The van der Waals surface area contributed by atoms with Crippen molar-refractivity contribution >= 4 is 5.91 Å². The van der Waals surface area contributed by atoms with Crippen molar-refractivity contribution in [2.45, 2.75) is 20.4 Å². The summed E-state index contributed by atoms with van der Waals surface area (Å²) in [6, 6.07) is 10.7. The lowest BCUT2D eigenvalue weighted by atomic mass is 10.1. The van der Waals surface area contributed by atoms with Crippen LogP contribution in [0.3, 0.4) is 0 Å². The van der Waals surface area contributed by atoms with Crippen molar-refractivity contribution in [2.24, 2.45) is 0 Å². The van der Waals surface area contributed by atoms with Crippen LogP contribution in [-0.2, 0) is 6.54 Å². The maximum absolute atomic E-state index is 12.8. The molecular weight excluding hydrogens is 255 g/mol. The molecule has 1 aromatic carbocycles. The number of nitrogens with zero attached hydrogens (tertiary/aromatic N) is 2. The molecule has 3 nitrogen and oxygen atoms in total. The van der Waals surface area contributed by atoms with Gasteiger partial charge in [-0.25, -0.2) is 4.98 Å². The summed E-state index contributed by atoms with van der Waals surface area (Å²) in [6.45, 7) is 5.06. The highest BCUT2D eigenvalue weighted by Gasteiger charge is 2.15. The van der Waals surface area contributed by atoms with Crippen LogP contribution < -0.4 is 0 Å². The Bertz CT molecular complexity index is 596. The molecule has 0 saturated carbocycles. The van der Waals surface area contributed by atoms with Gasteiger partial charge in [-0.2, -0.15) is 4.39 Å². The van der Waals surface area contributed by atoms with E-state index in [9.17, 15) is 9.18 Å². The second-order valence-corrected chi connectivity index (χ2v) is 4.68. The van der Waals surface area contributed by atoms with Crippen molar-refractivity contribution in [2.75, 3.05) is 6.54 Å². The van der Waals surface area contributed by atoms with Crippen LogP contribution in [0.1, 0.15) is 28.4 Å². The topological polar surface area (TPSA) is 33.2 Å². The van der Waals surface area contributed by atoms with Crippen LogP contribution in [0.4, 0.5) is 4.39 Å². The fourth-order valence-electron chi connectivity index (χ4n) is 2.04. The monoisotopic (exact) mass is 272 g/mol. The summed E-state index contributed by atoms with van der Waals surface area (Å²) in [5.41, 5.74) is 2.64. The summed E-state index contributed by atoms with van der Waals surface area (Å²) >= 11 is 0. The molecule has 2 aromatic rings. The lowest BCUT2D eigenvalue weighted by Crippen LogP contribution is -2.30. The number of pyridine rings is 1. The van der Waals surface area contributed by atoms with Crippen molar-refractivity contribution < 1.29 is 9.18 Å². The predicted octanol–water partition coefficient (Wildman–Crippen LogP) is 3.19. The van der Waals surface area contributed by atoms with Gasteiger partial charge < -0.3 is 4.90 Å². The second kappa shape index (κ2) is 6.28. The van der Waals surface area contributed by atoms with Crippen LogP contribution in [0.2, 0.25) is 0 Å². The predicted molar refractivity (Wildman–Crippen MR) is 75.8 cm³/mol. The van der Waals surface area contributed by atoms with Crippen molar-refractivity contribution in [1.82, 2.24) is 9.88 Å². The number of halogens is 1. The number of carbonyl (C=O) groups excluding carboxylic acids is 1. The highest BCUT2D eigenvalue weighted by molar-refractivity contribution is 5.93. The van der Waals surface area contributed by atoms with Gasteiger partial charge in [-0.1, -0.05) is 29.8 Å². The molecule has 2 rings (SSSR count). The van der Waals surface area contributed by atoms with E-state index in [4.69, 9.17) is 0 Å². The van der Waals surface area contributed by atoms with Crippen LogP contribution in [0.5, 0.6) is 0 Å². The number of aromatic nitrogens is 1. The summed E-state index contributed by atoms with van der Waals surface area (Å²) in [6.07, 6.45) is 1.27. The maximum Gasteiger partial charge on any atom is 0.255 e. The molecule has 0 N–H and O–H groups in total. The molecule has 4 heteroatoms. The molecule has 0 aliphatic heterocycles. The molecule has 0 radical (unpaired) electrons. The van der Waals surface area contributed by atoms with Crippen LogP contribution in [0.25, 0.3) is 0 Å². The molecular formula is C16H17FN2O. The fourth-order valence-corrected chi connectivity index (χ4v) is 2.04. The van der Waals surface area contributed by atoms with E-state index in [1.54, 1.807) is 4.90 Å². The van der Waals surface area contributed by atoms with Crippen molar-refractivity contribution in [1.29, 1.82) is 0 Å². The number of rotatable bonds is 4. The van der Waals surface area contributed by atoms with E-state index in [2.05, 4.69) is 11.1 Å². The number of carbonyl (C=O) groups is 1. The number of hydrogen-bond acceptors (Lipinski definition) is 2. The molecule has 20 heavy (non-hydrogen) atoms. The Kier molecular flexibility index (Phi) is 4.45. The van der Waals surface area contributed by atoms with E-state index in [0.29, 0.717) is 18.7 Å². The molecule has 1 heterocycles. The molecule has 0 aliphatic carbocycles. The van der Waals surface area contributed by atoms with Gasteiger partial charge in [0.05, 0.1) is 5.56 Å². The van der Waals surface area contributed by atoms with Crippen LogP contribution in [-0.4, -0.2) is 22.3 Å². The summed E-state index contributed by atoms with van der Waals surface area (Å²) in [5, 5.41) is 0. The van der Waals surface area contributed by atoms with Crippen LogP contribution in [0.15, 0.2) is 42.6 Å². The minimum Gasteiger partial charge on any atom is -0.335 e. The highest BCUT2D eigenvalue weighted by Crippen LogP contribution is 2.11. The van der Waals surface area contributed by atoms with Gasteiger partial charge in [0.1, 0.15) is 0 Å². The summed E-state index contributed by atoms with van der Waals surface area (Å²) in [5.74, 6) is -0.718. The molecule has 0 unspecified atom stereocenters. The number of hydrogen-bond donors (Lipinski definition) is 0. The van der Waals surface area contributed by atoms with E-state index >= 15 is 0 Å². The molecule has 0 aliphatic rings. The minimum atomic E-state index is -0.580. The minimum absolute atomic E-state index is 0.137. The zero-order chi connectivity index (χ0) is 14.5. The Balaban J connectivity index is 2.15. The van der Waals surface area contributed by atoms with Crippen molar-refractivity contribution in [3.8, 4) is 0 Å². The molecule has 0 bridgehead atoms. The van der Waals surface area contributed by atoms with Gasteiger partial charge in [-0.3, -0.25) is 4.79 Å². The van der Waals surface area contributed by atoms with Crippen LogP contribution >= 0.6 is 0 Å². The fraction of sp³-hybridized carbons (Fsp3) is 0.250. The van der Waals surface area contributed by atoms with E-state index in [-0.39, 0.29) is 5.91 Å². The molecule has 0 spiro atoms. The molecule has 1 amide bonds. The van der Waals surface area contributed by atoms with Gasteiger partial charge in [0.2, 0.25) is 5.95 Å². The smallest absolute Gasteiger partial charge is 0.255 e. The highest BCUT2D eigenvalue weighted by atomic mass is 19.1. The first kappa shape index (κ1) is 14.2. The average molecular weight is 272 g/mol. The number of aryl methyl sites for hydroxylation is 1. The Hall–Kier alpha value is -2.23. The Morgan fingerprint density at radius 3 is 2.70 bits per heavy atom.